The average Bonchev–Trinajstić information content (AvgIpc) is 2.70. The van der Waals surface area contributed by atoms with E-state index in [0.29, 0.717) is 35.5 Å². The molecule has 0 radical (unpaired) electrons. The Bertz CT molecular complexity index is 1160. The summed E-state index contributed by atoms with van der Waals surface area (Å²) in [6.45, 7) is 1.97. The summed E-state index contributed by atoms with van der Waals surface area (Å²) in [5, 5.41) is 0.543. The predicted molar refractivity (Wildman–Crippen MR) is 106 cm³/mol. The maximum Gasteiger partial charge on any atom is 0.261 e. The number of ether oxygens (including phenoxy) is 1. The Kier molecular flexibility index (Phi) is 4.95. The molecule has 1 aliphatic heterocycles. The fourth-order valence-corrected chi connectivity index (χ4v) is 3.33. The van der Waals surface area contributed by atoms with Gasteiger partial charge in [0.25, 0.3) is 5.56 Å². The molecule has 3 aromatic rings. The molecule has 0 spiro atoms. The van der Waals surface area contributed by atoms with Crippen LogP contribution < -0.4 is 5.56 Å². The molecule has 0 bridgehead atoms. The van der Waals surface area contributed by atoms with Crippen LogP contribution >= 0.6 is 0 Å². The topological polar surface area (TPSA) is 47.4 Å². The Morgan fingerprint density at radius 2 is 1.93 bits per heavy atom. The van der Waals surface area contributed by atoms with E-state index < -0.39 is 0 Å². The number of aromatic nitrogens is 2. The second-order valence-electron chi connectivity index (χ2n) is 6.90. The number of hydrogen-bond donors (Lipinski definition) is 0. The molecule has 1 aliphatic rings. The molecule has 1 aromatic heterocycles. The quantitative estimate of drug-likeness (QED) is 0.612. The molecule has 2 aromatic carbocycles. The summed E-state index contributed by atoms with van der Waals surface area (Å²) in [5.41, 5.74) is 1.82. The lowest BCUT2D eigenvalue weighted by atomic mass is 10.1. The van der Waals surface area contributed by atoms with Gasteiger partial charge in [-0.2, -0.15) is 0 Å². The van der Waals surface area contributed by atoms with Crippen molar-refractivity contribution in [1.82, 2.24) is 14.5 Å². The SMILES string of the molecule is CN1CCOCC1c1nc2cc(C#Cc3cccc(F)c3)ccc2c(=O)n1C. The van der Waals surface area contributed by atoms with Gasteiger partial charge in [-0.1, -0.05) is 17.9 Å². The van der Waals surface area contributed by atoms with Crippen molar-refractivity contribution in [3.63, 3.8) is 0 Å². The highest BCUT2D eigenvalue weighted by molar-refractivity contribution is 5.79. The molecule has 5 nitrogen and oxygen atoms in total. The number of halogens is 1. The third-order valence-corrected chi connectivity index (χ3v) is 4.98. The van der Waals surface area contributed by atoms with E-state index in [1.165, 1.54) is 12.1 Å². The van der Waals surface area contributed by atoms with Crippen LogP contribution in [0.4, 0.5) is 4.39 Å². The zero-order chi connectivity index (χ0) is 19.7. The van der Waals surface area contributed by atoms with Crippen LogP contribution in [0, 0.1) is 17.7 Å². The van der Waals surface area contributed by atoms with Gasteiger partial charge in [-0.3, -0.25) is 14.3 Å². The van der Waals surface area contributed by atoms with Crippen LogP contribution in [0.5, 0.6) is 0 Å². The van der Waals surface area contributed by atoms with Crippen molar-refractivity contribution in [3.8, 4) is 11.8 Å². The van der Waals surface area contributed by atoms with E-state index in [4.69, 9.17) is 9.72 Å². The van der Waals surface area contributed by atoms with Gasteiger partial charge in [0.2, 0.25) is 0 Å². The lowest BCUT2D eigenvalue weighted by molar-refractivity contribution is 0.000514. The molecule has 0 N–H and O–H groups in total. The van der Waals surface area contributed by atoms with Crippen molar-refractivity contribution >= 4 is 10.9 Å². The number of rotatable bonds is 1. The van der Waals surface area contributed by atoms with Gasteiger partial charge in [0.15, 0.2) is 0 Å². The number of morpholine rings is 1. The summed E-state index contributed by atoms with van der Waals surface area (Å²) < 4.78 is 20.5. The maximum atomic E-state index is 13.3. The average molecular weight is 377 g/mol. The van der Waals surface area contributed by atoms with Crippen molar-refractivity contribution in [1.29, 1.82) is 0 Å². The smallest absolute Gasteiger partial charge is 0.261 e. The second kappa shape index (κ2) is 7.55. The van der Waals surface area contributed by atoms with E-state index >= 15 is 0 Å². The van der Waals surface area contributed by atoms with Crippen LogP contribution in [0.1, 0.15) is 23.0 Å². The summed E-state index contributed by atoms with van der Waals surface area (Å²) in [5.74, 6) is 6.33. The summed E-state index contributed by atoms with van der Waals surface area (Å²) in [4.78, 5) is 19.7. The molecule has 6 heteroatoms. The number of fused-ring (bicyclic) bond motifs is 1. The Balaban J connectivity index is 1.77. The minimum atomic E-state index is -0.320. The van der Waals surface area contributed by atoms with Crippen molar-refractivity contribution in [2.24, 2.45) is 7.05 Å². The van der Waals surface area contributed by atoms with Crippen molar-refractivity contribution < 1.29 is 9.13 Å². The molecule has 0 aliphatic carbocycles. The van der Waals surface area contributed by atoms with Gasteiger partial charge >= 0.3 is 0 Å². The minimum absolute atomic E-state index is 0.0714. The van der Waals surface area contributed by atoms with E-state index in [1.54, 1.807) is 41.9 Å². The highest BCUT2D eigenvalue weighted by Crippen LogP contribution is 2.21. The Morgan fingerprint density at radius 3 is 2.68 bits per heavy atom. The highest BCUT2D eigenvalue weighted by Gasteiger charge is 2.25. The summed E-state index contributed by atoms with van der Waals surface area (Å²) in [7, 11) is 3.74. The first-order valence-electron chi connectivity index (χ1n) is 9.09. The van der Waals surface area contributed by atoms with Crippen molar-refractivity contribution in [2.45, 2.75) is 6.04 Å². The van der Waals surface area contributed by atoms with Crippen molar-refractivity contribution in [3.05, 3.63) is 75.6 Å². The molecular weight excluding hydrogens is 357 g/mol. The van der Waals surface area contributed by atoms with Gasteiger partial charge in [-0.05, 0) is 43.4 Å². The molecule has 142 valence electrons. The zero-order valence-electron chi connectivity index (χ0n) is 15.8. The summed E-state index contributed by atoms with van der Waals surface area (Å²) in [6, 6.07) is 11.4. The Hall–Kier alpha value is -3.01. The Morgan fingerprint density at radius 1 is 1.14 bits per heavy atom. The van der Waals surface area contributed by atoms with Crippen LogP contribution in [0.25, 0.3) is 10.9 Å². The highest BCUT2D eigenvalue weighted by atomic mass is 19.1. The molecule has 2 heterocycles. The van der Waals surface area contributed by atoms with E-state index in [2.05, 4.69) is 16.7 Å². The van der Waals surface area contributed by atoms with Gasteiger partial charge in [0.1, 0.15) is 11.6 Å². The third-order valence-electron chi connectivity index (χ3n) is 4.98. The zero-order valence-corrected chi connectivity index (χ0v) is 15.8. The third kappa shape index (κ3) is 3.55. The molecule has 1 atom stereocenters. The van der Waals surface area contributed by atoms with Gasteiger partial charge in [-0.25, -0.2) is 9.37 Å². The van der Waals surface area contributed by atoms with Crippen LogP contribution in [-0.4, -0.2) is 41.3 Å². The van der Waals surface area contributed by atoms with Crippen LogP contribution in [-0.2, 0) is 11.8 Å². The fourth-order valence-electron chi connectivity index (χ4n) is 3.33. The fraction of sp³-hybridized carbons (Fsp3) is 0.273. The number of hydrogen-bond acceptors (Lipinski definition) is 4. The maximum absolute atomic E-state index is 13.3. The largest absolute Gasteiger partial charge is 0.378 e. The van der Waals surface area contributed by atoms with E-state index in [1.807, 2.05) is 7.05 Å². The van der Waals surface area contributed by atoms with Crippen molar-refractivity contribution in [2.75, 3.05) is 26.8 Å². The van der Waals surface area contributed by atoms with Crippen LogP contribution in [0.2, 0.25) is 0 Å². The molecule has 4 rings (SSSR count). The summed E-state index contributed by atoms with van der Waals surface area (Å²) in [6.07, 6.45) is 0. The van der Waals surface area contributed by atoms with Gasteiger partial charge in [-0.15, -0.1) is 0 Å². The van der Waals surface area contributed by atoms with Gasteiger partial charge < -0.3 is 4.74 Å². The number of likely N-dealkylation sites (N-methyl/N-ethyl adjacent to an activating group) is 1. The lowest BCUT2D eigenvalue weighted by Crippen LogP contribution is -2.40. The first kappa shape index (κ1) is 18.4. The molecule has 28 heavy (non-hydrogen) atoms. The molecule has 1 fully saturated rings. The normalized spacial score (nSPS) is 17.3. The standard InChI is InChI=1S/C22H20FN3O2/c1-25-10-11-28-14-20(25)21-24-19-13-16(8-9-18(19)22(27)26(21)2)7-6-15-4-3-5-17(23)12-15/h3-5,8-9,12-13,20H,10-11,14H2,1-2H3. The monoisotopic (exact) mass is 377 g/mol. The van der Waals surface area contributed by atoms with E-state index in [9.17, 15) is 9.18 Å². The van der Waals surface area contributed by atoms with Gasteiger partial charge in [0.05, 0.1) is 30.2 Å². The second-order valence-corrected chi connectivity index (χ2v) is 6.90. The van der Waals surface area contributed by atoms with E-state index in [-0.39, 0.29) is 17.4 Å². The minimum Gasteiger partial charge on any atom is -0.378 e. The first-order chi connectivity index (χ1) is 13.5. The van der Waals surface area contributed by atoms with Crippen LogP contribution in [0.3, 0.4) is 0 Å². The molecule has 0 amide bonds. The van der Waals surface area contributed by atoms with Gasteiger partial charge in [0, 0.05) is 24.7 Å². The first-order valence-corrected chi connectivity index (χ1v) is 9.09. The molecule has 1 saturated heterocycles. The predicted octanol–water partition coefficient (Wildman–Crippen LogP) is 2.48. The summed E-state index contributed by atoms with van der Waals surface area (Å²) >= 11 is 0. The molecule has 0 saturated carbocycles. The number of nitrogens with zero attached hydrogens (tertiary/aromatic N) is 3. The molecular formula is C22H20FN3O2. The number of benzene rings is 2. The Labute approximate surface area is 162 Å². The molecule has 1 unspecified atom stereocenters. The lowest BCUT2D eigenvalue weighted by Gasteiger charge is -2.32. The van der Waals surface area contributed by atoms with Crippen LogP contribution in [0.15, 0.2) is 47.3 Å². The van der Waals surface area contributed by atoms with E-state index in [0.717, 1.165) is 12.1 Å².